The third-order valence-electron chi connectivity index (χ3n) is 3.81. The van der Waals surface area contributed by atoms with Gasteiger partial charge in [-0.3, -0.25) is 24.5 Å². The number of carbonyl (C=O) groups is 3. The number of esters is 1. The van der Waals surface area contributed by atoms with Gasteiger partial charge >= 0.3 is 5.97 Å². The molecule has 0 aromatic heterocycles. The van der Waals surface area contributed by atoms with Gasteiger partial charge in [0.15, 0.2) is 0 Å². The number of methoxy groups -OCH3 is 1. The van der Waals surface area contributed by atoms with Crippen LogP contribution in [-0.2, 0) is 14.3 Å². The zero-order valence-electron chi connectivity index (χ0n) is 12.8. The summed E-state index contributed by atoms with van der Waals surface area (Å²) in [6.45, 7) is 0.544. The summed E-state index contributed by atoms with van der Waals surface area (Å²) in [6.07, 6.45) is 3.75. The monoisotopic (exact) mass is 333 g/mol. The number of nitrogens with one attached hydrogen (secondary N) is 3. The molecule has 0 spiro atoms. The molecule has 3 aliphatic heterocycles. The number of amides is 2. The lowest BCUT2D eigenvalue weighted by Gasteiger charge is -2.22. The molecule has 0 unspecified atom stereocenters. The number of H-pyrrole nitrogens is 1. The maximum atomic E-state index is 12.3. The van der Waals surface area contributed by atoms with E-state index in [2.05, 4.69) is 25.7 Å². The zero-order chi connectivity index (χ0) is 17.3. The fourth-order valence-corrected chi connectivity index (χ4v) is 2.59. The predicted octanol–water partition coefficient (Wildman–Crippen LogP) is -0.941. The van der Waals surface area contributed by atoms with Crippen LogP contribution in [0.4, 0.5) is 0 Å². The minimum absolute atomic E-state index is 0.0155. The van der Waals surface area contributed by atoms with E-state index in [0.29, 0.717) is 19.4 Å². The number of hydrogen-bond acceptors (Lipinski definition) is 6. The first-order valence-electron chi connectivity index (χ1n) is 7.28. The number of carbonyl (C=O) groups excluding carboxylic acids is 3. The van der Waals surface area contributed by atoms with Gasteiger partial charge in [-0.2, -0.15) is 5.10 Å². The van der Waals surface area contributed by atoms with Gasteiger partial charge in [0.1, 0.15) is 17.2 Å². The number of rotatable bonds is 3. The lowest BCUT2D eigenvalue weighted by molar-refractivity contribution is -0.134. The first kappa shape index (κ1) is 15.7. The van der Waals surface area contributed by atoms with Crippen molar-refractivity contribution in [3.05, 3.63) is 28.3 Å². The standard InChI is InChI=1S/C14H15N5O5/c1-24-14(23)9-6-19(5-8-10(9)16-17-12(8)21)18-13(22)7-3-2-4-15-11(7)20/h5-7H,2-4H2,1H3,(H,15,20)(H,17,21)(H,18,22)/t7-/m0/s1. The molecule has 10 nitrogen and oxygen atoms in total. The highest BCUT2D eigenvalue weighted by Crippen LogP contribution is 2.20. The molecule has 1 saturated heterocycles. The second kappa shape index (κ2) is 6.14. The van der Waals surface area contributed by atoms with Crippen molar-refractivity contribution in [2.45, 2.75) is 12.8 Å². The molecule has 1 fully saturated rings. The maximum absolute atomic E-state index is 12.3. The molecule has 1 atom stereocenters. The lowest BCUT2D eigenvalue weighted by atomic mass is 9.98. The Morgan fingerprint density at radius 2 is 2.17 bits per heavy atom. The number of hydrogen-bond donors (Lipinski definition) is 3. The summed E-state index contributed by atoms with van der Waals surface area (Å²) in [6, 6.07) is 0. The smallest absolute Gasteiger partial charge is 0.341 e. The second-order valence-corrected chi connectivity index (χ2v) is 5.35. The molecule has 10 heteroatoms. The third-order valence-corrected chi connectivity index (χ3v) is 3.81. The van der Waals surface area contributed by atoms with E-state index in [1.165, 1.54) is 19.5 Å². The van der Waals surface area contributed by atoms with Gasteiger partial charge in [-0.15, -0.1) is 0 Å². The minimum Gasteiger partial charge on any atom is -0.465 e. The van der Waals surface area contributed by atoms with Gasteiger partial charge in [-0.05, 0) is 12.8 Å². The van der Waals surface area contributed by atoms with Crippen molar-refractivity contribution in [3.63, 3.8) is 0 Å². The molecule has 0 radical (unpaired) electrons. The normalized spacial score (nSPS) is 17.4. The highest BCUT2D eigenvalue weighted by molar-refractivity contribution is 6.04. The van der Waals surface area contributed by atoms with Gasteiger partial charge in [-0.25, -0.2) is 9.89 Å². The Morgan fingerprint density at radius 1 is 1.38 bits per heavy atom. The van der Waals surface area contributed by atoms with E-state index in [4.69, 9.17) is 0 Å². The summed E-state index contributed by atoms with van der Waals surface area (Å²) >= 11 is 0. The van der Waals surface area contributed by atoms with Crippen LogP contribution in [0, 0.1) is 5.92 Å². The van der Waals surface area contributed by atoms with Gasteiger partial charge < -0.3 is 10.1 Å². The molecule has 0 saturated carbocycles. The van der Waals surface area contributed by atoms with Crippen molar-refractivity contribution in [1.82, 2.24) is 20.2 Å². The van der Waals surface area contributed by atoms with Crippen LogP contribution in [0.15, 0.2) is 17.2 Å². The van der Waals surface area contributed by atoms with Crippen molar-refractivity contribution in [1.29, 1.82) is 0 Å². The van der Waals surface area contributed by atoms with Crippen LogP contribution < -0.4 is 16.3 Å². The van der Waals surface area contributed by atoms with Crippen molar-refractivity contribution >= 4 is 17.8 Å². The molecule has 0 bridgehead atoms. The first-order valence-corrected chi connectivity index (χ1v) is 7.28. The Hall–Kier alpha value is -3.17. The van der Waals surface area contributed by atoms with Crippen LogP contribution >= 0.6 is 0 Å². The predicted molar refractivity (Wildman–Crippen MR) is 80.9 cm³/mol. The molecule has 2 amide bonds. The Labute approximate surface area is 135 Å². The van der Waals surface area contributed by atoms with Crippen LogP contribution in [0.3, 0.4) is 0 Å². The number of fused-ring (bicyclic) bond motifs is 1. The van der Waals surface area contributed by atoms with Gasteiger partial charge in [0.2, 0.25) is 5.91 Å². The number of aromatic amines is 1. The van der Waals surface area contributed by atoms with Crippen LogP contribution in [0.5, 0.6) is 0 Å². The average molecular weight is 333 g/mol. The van der Waals surface area contributed by atoms with Crippen LogP contribution in [0.1, 0.15) is 23.2 Å². The van der Waals surface area contributed by atoms with E-state index in [0.717, 1.165) is 4.68 Å². The molecule has 24 heavy (non-hydrogen) atoms. The molecule has 126 valence electrons. The summed E-state index contributed by atoms with van der Waals surface area (Å²) < 4.78 is 5.82. The van der Waals surface area contributed by atoms with Crippen molar-refractivity contribution in [2.24, 2.45) is 5.92 Å². The number of piperidine rings is 1. The van der Waals surface area contributed by atoms with E-state index in [1.807, 2.05) is 0 Å². The highest BCUT2D eigenvalue weighted by Gasteiger charge is 2.30. The average Bonchev–Trinajstić information content (AvgIpc) is 2.95. The van der Waals surface area contributed by atoms with Crippen molar-refractivity contribution in [3.8, 4) is 11.3 Å². The van der Waals surface area contributed by atoms with E-state index in [9.17, 15) is 19.2 Å². The first-order chi connectivity index (χ1) is 11.5. The highest BCUT2D eigenvalue weighted by atomic mass is 16.5. The van der Waals surface area contributed by atoms with E-state index < -0.39 is 23.4 Å². The van der Waals surface area contributed by atoms with Gasteiger partial charge in [0.05, 0.1) is 12.7 Å². The topological polar surface area (TPSA) is 135 Å². The molecule has 3 heterocycles. The molecule has 3 aliphatic rings. The van der Waals surface area contributed by atoms with Gasteiger partial charge in [0, 0.05) is 18.9 Å². The number of aromatic nitrogens is 3. The maximum Gasteiger partial charge on any atom is 0.341 e. The number of nitrogens with zero attached hydrogens (tertiary/aromatic N) is 2. The molecule has 3 N–H and O–H groups in total. The summed E-state index contributed by atoms with van der Waals surface area (Å²) in [5.41, 5.74) is 2.27. The van der Waals surface area contributed by atoms with Gasteiger partial charge in [-0.1, -0.05) is 0 Å². The molecule has 0 aromatic rings. The van der Waals surface area contributed by atoms with E-state index in [-0.39, 0.29) is 22.7 Å². The fourth-order valence-electron chi connectivity index (χ4n) is 2.59. The summed E-state index contributed by atoms with van der Waals surface area (Å²) in [7, 11) is 1.20. The molecule has 3 rings (SSSR count). The second-order valence-electron chi connectivity index (χ2n) is 5.35. The number of pyridine rings is 1. The van der Waals surface area contributed by atoms with Crippen molar-refractivity contribution in [2.75, 3.05) is 19.1 Å². The van der Waals surface area contributed by atoms with Crippen molar-refractivity contribution < 1.29 is 19.1 Å². The Kier molecular flexibility index (Phi) is 4.02. The molecule has 0 aromatic carbocycles. The number of ether oxygens (including phenoxy) is 1. The quantitative estimate of drug-likeness (QED) is 0.490. The van der Waals surface area contributed by atoms with E-state index in [1.54, 1.807) is 0 Å². The van der Waals surface area contributed by atoms with Crippen LogP contribution in [0.2, 0.25) is 0 Å². The Morgan fingerprint density at radius 3 is 2.88 bits per heavy atom. The van der Waals surface area contributed by atoms with Crippen LogP contribution in [0.25, 0.3) is 11.3 Å². The lowest BCUT2D eigenvalue weighted by Crippen LogP contribution is -2.44. The summed E-state index contributed by atoms with van der Waals surface area (Å²) in [5, 5.41) is 8.65. The van der Waals surface area contributed by atoms with E-state index >= 15 is 0 Å². The summed E-state index contributed by atoms with van der Waals surface area (Å²) in [5.74, 6) is -2.39. The zero-order valence-corrected chi connectivity index (χ0v) is 12.8. The SMILES string of the molecule is COC(=O)c1cn(NC(=O)[C@H]2CCCNC2=O)cc2c(=O)[nH]nc1-2. The third kappa shape index (κ3) is 2.73. The largest absolute Gasteiger partial charge is 0.465 e. The molecular formula is C14H15N5O5. The molecule has 0 aliphatic carbocycles. The van der Waals surface area contributed by atoms with Crippen LogP contribution in [-0.4, -0.2) is 46.3 Å². The Balaban J connectivity index is 1.94. The van der Waals surface area contributed by atoms with Gasteiger partial charge in [0.25, 0.3) is 11.5 Å². The Bertz CT molecular complexity index is 838. The minimum atomic E-state index is -0.820. The molecular weight excluding hydrogens is 318 g/mol. The summed E-state index contributed by atoms with van der Waals surface area (Å²) in [4.78, 5) is 47.7. The fraction of sp³-hybridized carbons (Fsp3) is 0.357.